The van der Waals surface area contributed by atoms with Gasteiger partial charge in [0.2, 0.25) is 0 Å². The molecule has 2 aliphatic heterocycles. The van der Waals surface area contributed by atoms with Crippen molar-refractivity contribution in [1.82, 2.24) is 9.80 Å². The number of anilines is 4. The molecule has 0 fully saturated rings. The number of para-hydroxylation sites is 2. The molecule has 0 aliphatic carbocycles. The molecule has 0 unspecified atom stereocenters. The Morgan fingerprint density at radius 1 is 0.500 bits per heavy atom. The number of benzene rings is 4. The summed E-state index contributed by atoms with van der Waals surface area (Å²) in [7, 11) is 8.50. The first-order valence-electron chi connectivity index (χ1n) is 15.9. The minimum absolute atomic E-state index is 0.816. The van der Waals surface area contributed by atoms with Gasteiger partial charge in [-0.3, -0.25) is 0 Å². The van der Waals surface area contributed by atoms with Gasteiger partial charge in [0.15, 0.2) is 0 Å². The molecule has 232 valence electrons. The molecular formula is C38H46Cl2N4. The van der Waals surface area contributed by atoms with E-state index in [0.717, 1.165) is 74.7 Å². The van der Waals surface area contributed by atoms with Gasteiger partial charge >= 0.3 is 0 Å². The second-order valence-electron chi connectivity index (χ2n) is 12.4. The summed E-state index contributed by atoms with van der Waals surface area (Å²) < 4.78 is 0. The minimum Gasteiger partial charge on any atom is -0.341 e. The van der Waals surface area contributed by atoms with Crippen molar-refractivity contribution in [2.24, 2.45) is 0 Å². The van der Waals surface area contributed by atoms with Gasteiger partial charge in [-0.05, 0) is 138 Å². The molecule has 0 atom stereocenters. The highest BCUT2D eigenvalue weighted by atomic mass is 35.5. The van der Waals surface area contributed by atoms with E-state index in [1.165, 1.54) is 45.0 Å². The summed E-state index contributed by atoms with van der Waals surface area (Å²) in [5, 5.41) is 1.63. The Labute approximate surface area is 274 Å². The molecule has 0 bridgehead atoms. The third kappa shape index (κ3) is 8.17. The Balaban J connectivity index is 0.000000175. The van der Waals surface area contributed by atoms with Crippen molar-refractivity contribution in [3.8, 4) is 0 Å². The lowest BCUT2D eigenvalue weighted by Gasteiger charge is -2.27. The molecule has 4 nitrogen and oxygen atoms in total. The zero-order chi connectivity index (χ0) is 31.1. The summed E-state index contributed by atoms with van der Waals surface area (Å²) in [6, 6.07) is 30.1. The molecule has 4 aromatic rings. The molecule has 0 N–H and O–H groups in total. The second-order valence-corrected chi connectivity index (χ2v) is 13.3. The van der Waals surface area contributed by atoms with Gasteiger partial charge in [-0.15, -0.1) is 0 Å². The zero-order valence-corrected chi connectivity index (χ0v) is 28.2. The molecule has 2 heterocycles. The zero-order valence-electron chi connectivity index (χ0n) is 26.7. The fourth-order valence-electron chi connectivity index (χ4n) is 6.34. The maximum absolute atomic E-state index is 6.27. The molecule has 6 heteroatoms. The van der Waals surface area contributed by atoms with E-state index in [-0.39, 0.29) is 0 Å². The van der Waals surface area contributed by atoms with Crippen LogP contribution in [0, 0.1) is 0 Å². The largest absolute Gasteiger partial charge is 0.341 e. The minimum atomic E-state index is 0.816. The fourth-order valence-corrected chi connectivity index (χ4v) is 6.67. The van der Waals surface area contributed by atoms with Crippen LogP contribution < -0.4 is 9.80 Å². The first kappa shape index (κ1) is 32.4. The number of hydrogen-bond donors (Lipinski definition) is 0. The number of fused-ring (bicyclic) bond motifs is 4. The van der Waals surface area contributed by atoms with E-state index in [9.17, 15) is 0 Å². The maximum Gasteiger partial charge on any atom is 0.0458 e. The van der Waals surface area contributed by atoms with E-state index in [2.05, 4.69) is 121 Å². The average molecular weight is 630 g/mol. The summed E-state index contributed by atoms with van der Waals surface area (Å²) in [5.74, 6) is 0. The first-order valence-corrected chi connectivity index (χ1v) is 16.6. The van der Waals surface area contributed by atoms with E-state index in [0.29, 0.717) is 0 Å². The third-order valence-electron chi connectivity index (χ3n) is 8.54. The van der Waals surface area contributed by atoms with Crippen LogP contribution in [0.15, 0.2) is 84.9 Å². The summed E-state index contributed by atoms with van der Waals surface area (Å²) in [6.45, 7) is 4.22. The van der Waals surface area contributed by atoms with Crippen molar-refractivity contribution >= 4 is 46.0 Å². The smallest absolute Gasteiger partial charge is 0.0458 e. The van der Waals surface area contributed by atoms with Crippen molar-refractivity contribution in [3.63, 3.8) is 0 Å². The van der Waals surface area contributed by atoms with Crippen molar-refractivity contribution in [2.75, 3.05) is 64.2 Å². The van der Waals surface area contributed by atoms with Crippen LogP contribution in [0.3, 0.4) is 0 Å². The van der Waals surface area contributed by atoms with Crippen molar-refractivity contribution in [2.45, 2.75) is 38.5 Å². The molecule has 0 saturated heterocycles. The van der Waals surface area contributed by atoms with Crippen molar-refractivity contribution < 1.29 is 0 Å². The van der Waals surface area contributed by atoms with Gasteiger partial charge in [0.1, 0.15) is 0 Å². The van der Waals surface area contributed by atoms with Gasteiger partial charge in [-0.25, -0.2) is 0 Å². The van der Waals surface area contributed by atoms with Crippen LogP contribution in [0.4, 0.5) is 22.7 Å². The van der Waals surface area contributed by atoms with Crippen LogP contribution in [-0.2, 0) is 25.7 Å². The van der Waals surface area contributed by atoms with Crippen LogP contribution >= 0.6 is 23.2 Å². The van der Waals surface area contributed by atoms with Gasteiger partial charge in [0.25, 0.3) is 0 Å². The predicted molar refractivity (Wildman–Crippen MR) is 191 cm³/mol. The Morgan fingerprint density at radius 3 is 1.25 bits per heavy atom. The molecule has 0 radical (unpaired) electrons. The third-order valence-corrected chi connectivity index (χ3v) is 9.01. The van der Waals surface area contributed by atoms with E-state index < -0.39 is 0 Å². The number of rotatable bonds is 8. The monoisotopic (exact) mass is 628 g/mol. The molecule has 44 heavy (non-hydrogen) atoms. The molecule has 4 aromatic carbocycles. The summed E-state index contributed by atoms with van der Waals surface area (Å²) >= 11 is 12.5. The van der Waals surface area contributed by atoms with Crippen LogP contribution in [0.25, 0.3) is 0 Å². The van der Waals surface area contributed by atoms with Crippen molar-refractivity contribution in [3.05, 3.63) is 117 Å². The highest BCUT2D eigenvalue weighted by Gasteiger charge is 2.22. The molecule has 6 rings (SSSR count). The maximum atomic E-state index is 6.27. The van der Waals surface area contributed by atoms with Crippen LogP contribution in [0.5, 0.6) is 0 Å². The Bertz CT molecular complexity index is 1420. The Kier molecular flexibility index (Phi) is 11.3. The lowest BCUT2D eigenvalue weighted by molar-refractivity contribution is 0.402. The summed E-state index contributed by atoms with van der Waals surface area (Å²) in [5.41, 5.74) is 10.9. The first-order chi connectivity index (χ1) is 21.3. The van der Waals surface area contributed by atoms with Gasteiger partial charge in [0.05, 0.1) is 0 Å². The summed E-state index contributed by atoms with van der Waals surface area (Å²) in [6.07, 6.45) is 6.60. The van der Waals surface area contributed by atoms with E-state index >= 15 is 0 Å². The summed E-state index contributed by atoms with van der Waals surface area (Å²) in [4.78, 5) is 9.38. The average Bonchev–Trinajstić information content (AvgIpc) is 3.25. The normalized spacial score (nSPS) is 13.7. The van der Waals surface area contributed by atoms with E-state index in [1.54, 1.807) is 0 Å². The fraction of sp³-hybridized carbons (Fsp3) is 0.368. The molecule has 0 spiro atoms. The number of nitrogens with zero attached hydrogens (tertiary/aromatic N) is 4. The Hall–Kier alpha value is -3.02. The molecular weight excluding hydrogens is 583 g/mol. The predicted octanol–water partition coefficient (Wildman–Crippen LogP) is 9.06. The Morgan fingerprint density at radius 2 is 0.864 bits per heavy atom. The van der Waals surface area contributed by atoms with E-state index in [1.807, 2.05) is 12.1 Å². The van der Waals surface area contributed by atoms with Crippen LogP contribution in [-0.4, -0.2) is 64.2 Å². The van der Waals surface area contributed by atoms with Gasteiger partial charge in [-0.1, -0.05) is 71.7 Å². The standard InChI is InChI=1S/2C19H23ClN2/c2*1-21(2)12-5-13-22-18-7-4-3-6-15(18)8-9-16-10-11-17(20)14-19(16)22/h2*3-4,6-7,10-11,14H,5,8-9,12-13H2,1-2H3. The van der Waals surface area contributed by atoms with Gasteiger partial charge in [-0.2, -0.15) is 0 Å². The SMILES string of the molecule is CN(C)CCCN1c2ccccc2CCc2ccc(Cl)cc21.CN(C)CCCN1c2ccccc2CCc2ccc(Cl)cc21. The second kappa shape index (κ2) is 15.3. The van der Waals surface area contributed by atoms with Gasteiger partial charge < -0.3 is 19.6 Å². The lowest BCUT2D eigenvalue weighted by Crippen LogP contribution is -2.24. The molecule has 0 amide bonds. The quantitative estimate of drug-likeness (QED) is 0.193. The van der Waals surface area contributed by atoms with Crippen LogP contribution in [0.2, 0.25) is 10.0 Å². The number of halogens is 2. The van der Waals surface area contributed by atoms with Crippen LogP contribution in [0.1, 0.15) is 35.1 Å². The molecule has 2 aliphatic rings. The highest BCUT2D eigenvalue weighted by Crippen LogP contribution is 2.38. The highest BCUT2D eigenvalue weighted by molar-refractivity contribution is 6.31. The number of aryl methyl sites for hydroxylation is 4. The lowest BCUT2D eigenvalue weighted by atomic mass is 10.0. The molecule has 0 saturated carbocycles. The topological polar surface area (TPSA) is 13.0 Å². The number of hydrogen-bond acceptors (Lipinski definition) is 4. The van der Waals surface area contributed by atoms with Gasteiger partial charge in [0, 0.05) is 45.9 Å². The van der Waals surface area contributed by atoms with E-state index in [4.69, 9.17) is 23.2 Å². The molecule has 0 aromatic heterocycles. The van der Waals surface area contributed by atoms with Crippen molar-refractivity contribution in [1.29, 1.82) is 0 Å².